The van der Waals surface area contributed by atoms with Gasteiger partial charge in [-0.1, -0.05) is 12.1 Å². The van der Waals surface area contributed by atoms with Crippen LogP contribution in [0.5, 0.6) is 0 Å². The number of ether oxygens (including phenoxy) is 3. The quantitative estimate of drug-likeness (QED) is 0.372. The lowest BCUT2D eigenvalue weighted by Crippen LogP contribution is -2.37. The van der Waals surface area contributed by atoms with E-state index in [0.29, 0.717) is 6.42 Å². The van der Waals surface area contributed by atoms with Crippen LogP contribution in [0.3, 0.4) is 0 Å². The van der Waals surface area contributed by atoms with Crippen LogP contribution >= 0.6 is 0 Å². The zero-order valence-corrected chi connectivity index (χ0v) is 17.0. The highest BCUT2D eigenvalue weighted by Crippen LogP contribution is 2.29. The topological polar surface area (TPSA) is 175 Å². The van der Waals surface area contributed by atoms with Crippen LogP contribution < -0.4 is 11.0 Å². The summed E-state index contributed by atoms with van der Waals surface area (Å²) in [7, 11) is 1.35. The largest absolute Gasteiger partial charge is 0.449 e. The molecule has 1 aromatic heterocycles. The van der Waals surface area contributed by atoms with Gasteiger partial charge in [0, 0.05) is 31.9 Å². The van der Waals surface area contributed by atoms with Crippen molar-refractivity contribution in [2.45, 2.75) is 31.0 Å². The summed E-state index contributed by atoms with van der Waals surface area (Å²) in [5.41, 5.74) is -0.0886. The number of benzene rings is 1. The van der Waals surface area contributed by atoms with Crippen LogP contribution in [0.4, 0.5) is 16.3 Å². The first-order chi connectivity index (χ1) is 15.3. The van der Waals surface area contributed by atoms with E-state index in [0.717, 1.165) is 10.1 Å². The van der Waals surface area contributed by atoms with Gasteiger partial charge in [-0.2, -0.15) is 4.98 Å². The number of anilines is 1. The number of nitro groups is 1. The first-order valence-corrected chi connectivity index (χ1v) is 9.57. The van der Waals surface area contributed by atoms with Crippen LogP contribution in [0, 0.1) is 10.1 Å². The van der Waals surface area contributed by atoms with E-state index in [2.05, 4.69) is 10.3 Å². The number of aromatic nitrogens is 2. The normalized spacial score (nSPS) is 22.5. The molecule has 0 radical (unpaired) electrons. The number of aliphatic hydroxyl groups is 2. The Morgan fingerprint density at radius 2 is 2.06 bits per heavy atom. The van der Waals surface area contributed by atoms with Crippen LogP contribution in [0.1, 0.15) is 11.8 Å². The fourth-order valence-electron chi connectivity index (χ4n) is 3.25. The molecule has 0 saturated carbocycles. The Morgan fingerprint density at radius 3 is 2.62 bits per heavy atom. The molecule has 1 amide bonds. The molecule has 3 N–H and O–H groups in total. The van der Waals surface area contributed by atoms with Crippen molar-refractivity contribution >= 4 is 17.6 Å². The summed E-state index contributed by atoms with van der Waals surface area (Å²) in [6.07, 6.45) is -3.17. The van der Waals surface area contributed by atoms with Gasteiger partial charge >= 0.3 is 11.8 Å². The molecule has 0 spiro atoms. The van der Waals surface area contributed by atoms with E-state index in [4.69, 9.17) is 14.2 Å². The molecule has 2 aromatic rings. The number of carbonyl (C=O) groups excluding carboxylic acids is 1. The summed E-state index contributed by atoms with van der Waals surface area (Å²) in [5, 5.41) is 32.6. The molecule has 172 valence electrons. The van der Waals surface area contributed by atoms with E-state index in [1.165, 1.54) is 31.5 Å². The Hall–Kier alpha value is -3.39. The van der Waals surface area contributed by atoms with Crippen molar-refractivity contribution in [3.8, 4) is 0 Å². The van der Waals surface area contributed by atoms with E-state index >= 15 is 0 Å². The van der Waals surface area contributed by atoms with Crippen LogP contribution in [-0.2, 0) is 20.6 Å². The maximum atomic E-state index is 12.3. The highest BCUT2D eigenvalue weighted by atomic mass is 16.6. The summed E-state index contributed by atoms with van der Waals surface area (Å²) in [4.78, 5) is 38.1. The maximum absolute atomic E-state index is 12.3. The van der Waals surface area contributed by atoms with E-state index in [-0.39, 0.29) is 18.1 Å². The van der Waals surface area contributed by atoms with Gasteiger partial charge in [-0.15, -0.1) is 0 Å². The van der Waals surface area contributed by atoms with Crippen LogP contribution in [0.25, 0.3) is 0 Å². The Morgan fingerprint density at radius 1 is 1.34 bits per heavy atom. The average molecular weight is 450 g/mol. The lowest BCUT2D eigenvalue weighted by Gasteiger charge is -2.18. The standard InChI is InChI=1S/C19H22N4O9/c1-30-16-13(10-24)32-17(15(16)25)22-8-6-14(20-18(22)26)21-19(27)31-9-7-11-2-4-12(5-3-11)23(28)29/h2-6,8,13,15-17,24-25H,7,9-10H2,1H3,(H,20,21,26,27)/t13-,15-,16-,17-/m1/s1. The highest BCUT2D eigenvalue weighted by molar-refractivity contribution is 5.83. The van der Waals surface area contributed by atoms with Crippen LogP contribution in [0.2, 0.25) is 0 Å². The minimum absolute atomic E-state index is 0.00374. The molecule has 0 bridgehead atoms. The Bertz CT molecular complexity index is 1010. The predicted molar refractivity (Wildman–Crippen MR) is 108 cm³/mol. The Kier molecular flexibility index (Phi) is 7.48. The summed E-state index contributed by atoms with van der Waals surface area (Å²) in [6.45, 7) is -0.399. The molecule has 13 nitrogen and oxygen atoms in total. The lowest BCUT2D eigenvalue weighted by atomic mass is 10.1. The van der Waals surface area contributed by atoms with Crippen molar-refractivity contribution in [3.63, 3.8) is 0 Å². The molecule has 32 heavy (non-hydrogen) atoms. The first kappa shape index (κ1) is 23.3. The molecule has 1 aliphatic heterocycles. The number of non-ortho nitro benzene ring substituents is 1. The average Bonchev–Trinajstić information content (AvgIpc) is 3.09. The number of methoxy groups -OCH3 is 1. The molecule has 1 saturated heterocycles. The molecular formula is C19H22N4O9. The van der Waals surface area contributed by atoms with Crippen molar-refractivity contribution in [2.75, 3.05) is 25.6 Å². The molecule has 0 aliphatic carbocycles. The predicted octanol–water partition coefficient (Wildman–Crippen LogP) is 0.208. The second kappa shape index (κ2) is 10.3. The van der Waals surface area contributed by atoms with E-state index in [9.17, 15) is 29.9 Å². The molecule has 0 unspecified atom stereocenters. The third-order valence-corrected chi connectivity index (χ3v) is 4.87. The number of nitrogens with zero attached hydrogens (tertiary/aromatic N) is 3. The Balaban J connectivity index is 1.54. The van der Waals surface area contributed by atoms with Crippen LogP contribution in [0.15, 0.2) is 41.3 Å². The minimum atomic E-state index is -1.21. The van der Waals surface area contributed by atoms with Gasteiger partial charge in [0.25, 0.3) is 5.69 Å². The van der Waals surface area contributed by atoms with Gasteiger partial charge in [0.2, 0.25) is 0 Å². The fourth-order valence-corrected chi connectivity index (χ4v) is 3.25. The zero-order chi connectivity index (χ0) is 23.3. The minimum Gasteiger partial charge on any atom is -0.449 e. The van der Waals surface area contributed by atoms with Crippen molar-refractivity contribution in [1.82, 2.24) is 9.55 Å². The van der Waals surface area contributed by atoms with Gasteiger partial charge in [-0.05, 0) is 11.6 Å². The third-order valence-electron chi connectivity index (χ3n) is 4.87. The van der Waals surface area contributed by atoms with Gasteiger partial charge in [0.1, 0.15) is 24.1 Å². The molecule has 1 fully saturated rings. The Labute approximate surface area is 181 Å². The monoisotopic (exact) mass is 450 g/mol. The highest BCUT2D eigenvalue weighted by Gasteiger charge is 2.45. The summed E-state index contributed by atoms with van der Waals surface area (Å²) in [5.74, 6) is -0.0685. The van der Waals surface area contributed by atoms with Crippen molar-refractivity contribution in [1.29, 1.82) is 0 Å². The van der Waals surface area contributed by atoms with Gasteiger partial charge in [0.05, 0.1) is 18.1 Å². The number of nitro benzene ring substituents is 1. The van der Waals surface area contributed by atoms with E-state index < -0.39 is 47.9 Å². The summed E-state index contributed by atoms with van der Waals surface area (Å²) in [6, 6.07) is 7.17. The summed E-state index contributed by atoms with van der Waals surface area (Å²) < 4.78 is 16.6. The van der Waals surface area contributed by atoms with Gasteiger partial charge in [-0.3, -0.25) is 20.0 Å². The van der Waals surface area contributed by atoms with Crippen LogP contribution in [-0.4, -0.2) is 69.4 Å². The number of rotatable bonds is 8. The maximum Gasteiger partial charge on any atom is 0.412 e. The number of amides is 1. The zero-order valence-electron chi connectivity index (χ0n) is 17.0. The molecule has 13 heteroatoms. The summed E-state index contributed by atoms with van der Waals surface area (Å²) >= 11 is 0. The second-order valence-corrected chi connectivity index (χ2v) is 6.88. The van der Waals surface area contributed by atoms with Crippen molar-refractivity contribution in [2.24, 2.45) is 0 Å². The number of hydrogen-bond donors (Lipinski definition) is 3. The van der Waals surface area contributed by atoms with E-state index in [1.807, 2.05) is 0 Å². The SMILES string of the molecule is CO[C@H]1[C@@H](O)[C@H](n2ccc(NC(=O)OCCc3ccc([N+](=O)[O-])cc3)nc2=O)O[C@@H]1CO. The second-order valence-electron chi connectivity index (χ2n) is 6.88. The number of aliphatic hydroxyl groups excluding tert-OH is 2. The van der Waals surface area contributed by atoms with Gasteiger partial charge in [0.15, 0.2) is 6.23 Å². The van der Waals surface area contributed by atoms with Gasteiger partial charge < -0.3 is 24.4 Å². The first-order valence-electron chi connectivity index (χ1n) is 9.57. The molecule has 1 aliphatic rings. The van der Waals surface area contributed by atoms with Crippen molar-refractivity contribution in [3.05, 3.63) is 62.7 Å². The lowest BCUT2D eigenvalue weighted by molar-refractivity contribution is -0.384. The van der Waals surface area contributed by atoms with Crippen molar-refractivity contribution < 1.29 is 34.1 Å². The molecule has 2 heterocycles. The molecular weight excluding hydrogens is 428 g/mol. The smallest absolute Gasteiger partial charge is 0.412 e. The molecule has 1 aromatic carbocycles. The number of nitrogens with one attached hydrogen (secondary N) is 1. The number of hydrogen-bond acceptors (Lipinski definition) is 10. The molecule has 4 atom stereocenters. The molecule has 3 rings (SSSR count). The fraction of sp³-hybridized carbons (Fsp3) is 0.421. The third kappa shape index (κ3) is 5.26. The van der Waals surface area contributed by atoms with Gasteiger partial charge in [-0.25, -0.2) is 9.59 Å². The number of carbonyl (C=O) groups is 1. The van der Waals surface area contributed by atoms with E-state index in [1.54, 1.807) is 12.1 Å².